The fourth-order valence-electron chi connectivity index (χ4n) is 4.17. The Labute approximate surface area is 204 Å². The Balaban J connectivity index is 1.68. The molecule has 2 N–H and O–H groups in total. The Kier molecular flexibility index (Phi) is 7.29. The molecule has 4 aromatic rings. The minimum absolute atomic E-state index is 0.0783. The zero-order valence-corrected chi connectivity index (χ0v) is 20.5. The zero-order chi connectivity index (χ0) is 24.2. The molecule has 6 heteroatoms. The minimum Gasteiger partial charge on any atom is -0.399 e. The topological polar surface area (TPSA) is 32.5 Å². The van der Waals surface area contributed by atoms with Gasteiger partial charge in [0.15, 0.2) is 0 Å². The summed E-state index contributed by atoms with van der Waals surface area (Å²) in [6, 6.07) is 22.2. The van der Waals surface area contributed by atoms with Crippen LogP contribution >= 0.6 is 11.3 Å². The first-order valence-electron chi connectivity index (χ1n) is 11.2. The molecule has 1 heterocycles. The summed E-state index contributed by atoms with van der Waals surface area (Å²) < 4.78 is 28.6. The number of rotatable bonds is 8. The van der Waals surface area contributed by atoms with Crippen LogP contribution in [0.5, 0.6) is 0 Å². The molecule has 0 spiro atoms. The van der Waals surface area contributed by atoms with Gasteiger partial charge in [0.2, 0.25) is 0 Å². The van der Waals surface area contributed by atoms with Crippen molar-refractivity contribution in [2.75, 3.05) is 24.7 Å². The monoisotopic (exact) mass is 477 g/mol. The average Bonchev–Trinajstić information content (AvgIpc) is 3.13. The molecule has 3 nitrogen and oxygen atoms in total. The maximum absolute atomic E-state index is 14.3. The molecule has 0 saturated carbocycles. The molecule has 4 rings (SSSR count). The molecule has 0 atom stereocenters. The number of hydrogen-bond acceptors (Lipinski definition) is 4. The van der Waals surface area contributed by atoms with E-state index < -0.39 is 11.6 Å². The molecule has 0 bridgehead atoms. The Morgan fingerprint density at radius 2 is 1.41 bits per heavy atom. The van der Waals surface area contributed by atoms with Crippen molar-refractivity contribution in [1.29, 1.82) is 0 Å². The number of anilines is 2. The van der Waals surface area contributed by atoms with Crippen LogP contribution < -0.4 is 10.6 Å². The zero-order valence-electron chi connectivity index (χ0n) is 19.7. The Bertz CT molecular complexity index is 1230. The smallest absolute Gasteiger partial charge is 0.131 e. The number of thiophene rings is 1. The van der Waals surface area contributed by atoms with Crippen LogP contribution in [0.3, 0.4) is 0 Å². The second kappa shape index (κ2) is 10.4. The van der Waals surface area contributed by atoms with Gasteiger partial charge in [0.1, 0.15) is 11.6 Å². The fraction of sp³-hybridized carbons (Fsp3) is 0.214. The largest absolute Gasteiger partial charge is 0.399 e. The standard InChI is InChI=1S/C28H29F2N3S/c1-19-23(17-32(2)16-20-8-5-4-6-9-20)27(21-12-14-22(31)15-13-21)34-28(19)33(3)18-24-25(29)10-7-11-26(24)30/h4-15H,16-18,31H2,1-3H3. The lowest BCUT2D eigenvalue weighted by Crippen LogP contribution is -2.19. The van der Waals surface area contributed by atoms with Crippen molar-refractivity contribution >= 4 is 22.0 Å². The van der Waals surface area contributed by atoms with E-state index in [2.05, 4.69) is 31.0 Å². The van der Waals surface area contributed by atoms with Crippen LogP contribution in [-0.4, -0.2) is 19.0 Å². The fourth-order valence-corrected chi connectivity index (χ4v) is 5.45. The summed E-state index contributed by atoms with van der Waals surface area (Å²) in [4.78, 5) is 5.36. The summed E-state index contributed by atoms with van der Waals surface area (Å²) >= 11 is 1.65. The average molecular weight is 478 g/mol. The molecule has 0 aliphatic carbocycles. The summed E-state index contributed by atoms with van der Waals surface area (Å²) in [5, 5.41) is 0.998. The van der Waals surface area contributed by atoms with Gasteiger partial charge in [-0.3, -0.25) is 4.90 Å². The molecule has 1 aromatic heterocycles. The van der Waals surface area contributed by atoms with E-state index in [0.717, 1.165) is 34.1 Å². The molecule has 0 amide bonds. The van der Waals surface area contributed by atoms with Crippen LogP contribution in [0, 0.1) is 18.6 Å². The van der Waals surface area contributed by atoms with E-state index in [1.54, 1.807) is 11.3 Å². The van der Waals surface area contributed by atoms with Crippen molar-refractivity contribution in [3.63, 3.8) is 0 Å². The Morgan fingerprint density at radius 1 is 0.765 bits per heavy atom. The van der Waals surface area contributed by atoms with Crippen LogP contribution in [0.2, 0.25) is 0 Å². The van der Waals surface area contributed by atoms with Crippen LogP contribution in [-0.2, 0) is 19.6 Å². The predicted molar refractivity (Wildman–Crippen MR) is 139 cm³/mol. The maximum atomic E-state index is 14.3. The van der Waals surface area contributed by atoms with Gasteiger partial charge in [0.25, 0.3) is 0 Å². The number of nitrogens with two attached hydrogens (primary N) is 1. The van der Waals surface area contributed by atoms with E-state index in [1.807, 2.05) is 54.4 Å². The first kappa shape index (κ1) is 23.9. The molecule has 0 radical (unpaired) electrons. The number of benzene rings is 3. The number of hydrogen-bond donors (Lipinski definition) is 1. The summed E-state index contributed by atoms with van der Waals surface area (Å²) in [6.07, 6.45) is 0. The quantitative estimate of drug-likeness (QED) is 0.282. The van der Waals surface area contributed by atoms with Crippen molar-refractivity contribution < 1.29 is 8.78 Å². The van der Waals surface area contributed by atoms with E-state index in [-0.39, 0.29) is 12.1 Å². The molecule has 3 aromatic carbocycles. The third-order valence-corrected chi connectivity index (χ3v) is 7.44. The van der Waals surface area contributed by atoms with E-state index in [9.17, 15) is 8.78 Å². The van der Waals surface area contributed by atoms with E-state index in [4.69, 9.17) is 5.73 Å². The third-order valence-electron chi connectivity index (χ3n) is 5.95. The highest BCUT2D eigenvalue weighted by atomic mass is 32.1. The summed E-state index contributed by atoms with van der Waals surface area (Å²) in [7, 11) is 3.99. The molecule has 0 saturated heterocycles. The predicted octanol–water partition coefficient (Wildman–Crippen LogP) is 6.85. The van der Waals surface area contributed by atoms with Crippen molar-refractivity contribution in [1.82, 2.24) is 4.90 Å². The third kappa shape index (κ3) is 5.29. The van der Waals surface area contributed by atoms with E-state index in [0.29, 0.717) is 5.69 Å². The SMILES string of the molecule is Cc1c(N(C)Cc2c(F)cccc2F)sc(-c2ccc(N)cc2)c1CN(C)Cc1ccccc1. The van der Waals surface area contributed by atoms with Crippen LogP contribution in [0.15, 0.2) is 72.8 Å². The molecule has 0 aliphatic rings. The Morgan fingerprint density at radius 3 is 2.06 bits per heavy atom. The van der Waals surface area contributed by atoms with Crippen molar-refractivity contribution in [2.45, 2.75) is 26.6 Å². The Hall–Kier alpha value is -3.22. The van der Waals surface area contributed by atoms with Crippen LogP contribution in [0.1, 0.15) is 22.3 Å². The summed E-state index contributed by atoms with van der Waals surface area (Å²) in [6.45, 7) is 3.81. The van der Waals surface area contributed by atoms with Gasteiger partial charge in [-0.2, -0.15) is 0 Å². The molecule has 0 unspecified atom stereocenters. The molecular weight excluding hydrogens is 448 g/mol. The van der Waals surface area contributed by atoms with Crippen molar-refractivity contribution in [3.8, 4) is 10.4 Å². The van der Waals surface area contributed by atoms with Gasteiger partial charge in [0, 0.05) is 42.8 Å². The summed E-state index contributed by atoms with van der Waals surface area (Å²) in [5.74, 6) is -1.05. The van der Waals surface area contributed by atoms with Gasteiger partial charge < -0.3 is 10.6 Å². The second-order valence-corrected chi connectivity index (χ2v) is 9.68. The van der Waals surface area contributed by atoms with Gasteiger partial charge in [-0.1, -0.05) is 48.5 Å². The molecule has 176 valence electrons. The summed E-state index contributed by atoms with van der Waals surface area (Å²) in [5.41, 5.74) is 11.4. The lowest BCUT2D eigenvalue weighted by Gasteiger charge is -2.21. The van der Waals surface area contributed by atoms with E-state index >= 15 is 0 Å². The lowest BCUT2D eigenvalue weighted by atomic mass is 10.0. The highest BCUT2D eigenvalue weighted by Crippen LogP contribution is 2.43. The van der Waals surface area contributed by atoms with E-state index in [1.165, 1.54) is 29.3 Å². The van der Waals surface area contributed by atoms with Gasteiger partial charge in [-0.15, -0.1) is 11.3 Å². The molecule has 34 heavy (non-hydrogen) atoms. The normalized spacial score (nSPS) is 11.2. The first-order chi connectivity index (χ1) is 16.3. The van der Waals surface area contributed by atoms with Gasteiger partial charge >= 0.3 is 0 Å². The first-order valence-corrected chi connectivity index (χ1v) is 12.0. The highest BCUT2D eigenvalue weighted by Gasteiger charge is 2.21. The maximum Gasteiger partial charge on any atom is 0.131 e. The van der Waals surface area contributed by atoms with Crippen LogP contribution in [0.4, 0.5) is 19.5 Å². The molecular formula is C28H29F2N3S. The van der Waals surface area contributed by atoms with Crippen molar-refractivity contribution in [2.24, 2.45) is 0 Å². The van der Waals surface area contributed by atoms with Gasteiger partial charge in [-0.25, -0.2) is 8.78 Å². The van der Waals surface area contributed by atoms with Gasteiger partial charge in [-0.05, 0) is 60.5 Å². The van der Waals surface area contributed by atoms with Crippen molar-refractivity contribution in [3.05, 3.63) is 107 Å². The molecule has 0 aliphatic heterocycles. The lowest BCUT2D eigenvalue weighted by molar-refractivity contribution is 0.319. The molecule has 0 fully saturated rings. The number of halogens is 2. The second-order valence-electron chi connectivity index (χ2n) is 8.68. The number of nitrogen functional groups attached to an aromatic ring is 1. The minimum atomic E-state index is -0.525. The highest BCUT2D eigenvalue weighted by molar-refractivity contribution is 7.19. The number of nitrogens with zero attached hydrogens (tertiary/aromatic N) is 2. The van der Waals surface area contributed by atoms with Gasteiger partial charge in [0.05, 0.1) is 5.00 Å². The van der Waals surface area contributed by atoms with Crippen LogP contribution in [0.25, 0.3) is 10.4 Å².